The van der Waals surface area contributed by atoms with Crippen molar-refractivity contribution in [1.29, 1.82) is 0 Å². The fraction of sp³-hybridized carbons (Fsp3) is 0.667. The molecule has 2 aromatic heterocycles. The summed E-state index contributed by atoms with van der Waals surface area (Å²) in [5.74, 6) is 0.145. The molecule has 0 bridgehead atoms. The van der Waals surface area contributed by atoms with Crippen LogP contribution in [0.2, 0.25) is 0 Å². The molecule has 0 amide bonds. The van der Waals surface area contributed by atoms with Crippen LogP contribution in [0.3, 0.4) is 0 Å². The number of rotatable bonds is 5. The third-order valence-electron chi connectivity index (χ3n) is 5.51. The molecule has 0 unspecified atom stereocenters. The van der Waals surface area contributed by atoms with Gasteiger partial charge in [0.15, 0.2) is 11.2 Å². The summed E-state index contributed by atoms with van der Waals surface area (Å²) in [6, 6.07) is 0.455. The number of hydrogen-bond acceptors (Lipinski definition) is 6. The summed E-state index contributed by atoms with van der Waals surface area (Å²) in [4.78, 5) is 43.9. The van der Waals surface area contributed by atoms with Crippen molar-refractivity contribution in [1.82, 2.24) is 23.6 Å². The average molecular weight is 377 g/mol. The highest BCUT2D eigenvalue weighted by atomic mass is 16.5. The van der Waals surface area contributed by atoms with E-state index in [1.165, 1.54) is 25.1 Å². The van der Waals surface area contributed by atoms with E-state index < -0.39 is 17.2 Å². The molecule has 0 spiro atoms. The molecule has 0 aliphatic carbocycles. The van der Waals surface area contributed by atoms with Gasteiger partial charge in [-0.15, -0.1) is 0 Å². The average Bonchev–Trinajstić information content (AvgIpc) is 3.03. The van der Waals surface area contributed by atoms with Crippen LogP contribution in [-0.2, 0) is 36.7 Å². The Labute approximate surface area is 157 Å². The van der Waals surface area contributed by atoms with Gasteiger partial charge in [-0.3, -0.25) is 23.6 Å². The number of imidazole rings is 1. The summed E-state index contributed by atoms with van der Waals surface area (Å²) in [5, 5.41) is 0. The van der Waals surface area contributed by atoms with Gasteiger partial charge in [-0.2, -0.15) is 0 Å². The summed E-state index contributed by atoms with van der Waals surface area (Å²) in [7, 11) is 4.32. The summed E-state index contributed by atoms with van der Waals surface area (Å²) >= 11 is 0. The van der Waals surface area contributed by atoms with Gasteiger partial charge in [0.05, 0.1) is 13.7 Å². The van der Waals surface area contributed by atoms with Gasteiger partial charge < -0.3 is 9.30 Å². The summed E-state index contributed by atoms with van der Waals surface area (Å²) < 4.78 is 8.79. The lowest BCUT2D eigenvalue weighted by atomic mass is 10.0. The van der Waals surface area contributed by atoms with Crippen molar-refractivity contribution in [3.63, 3.8) is 0 Å². The standard InChI is InChI=1S/C18H27N5O4/c1-5-12-8-6-7-9-22(12)10-13-19-16-15(23(13)11-14(24)27-4)17(25)21(3)18(26)20(16)2/h12H,5-11H2,1-4H3/t12-/m1/s1. The highest BCUT2D eigenvalue weighted by Gasteiger charge is 2.26. The van der Waals surface area contributed by atoms with Crippen LogP contribution in [0.15, 0.2) is 9.59 Å². The zero-order valence-corrected chi connectivity index (χ0v) is 16.4. The fourth-order valence-electron chi connectivity index (χ4n) is 3.89. The number of methoxy groups -OCH3 is 1. The number of ether oxygens (including phenoxy) is 1. The van der Waals surface area contributed by atoms with Gasteiger partial charge in [-0.25, -0.2) is 9.78 Å². The van der Waals surface area contributed by atoms with Crippen molar-refractivity contribution in [3.05, 3.63) is 26.7 Å². The molecule has 0 radical (unpaired) electrons. The Morgan fingerprint density at radius 3 is 2.63 bits per heavy atom. The number of esters is 1. The monoisotopic (exact) mass is 377 g/mol. The molecule has 2 aromatic rings. The second-order valence-electron chi connectivity index (χ2n) is 7.10. The van der Waals surface area contributed by atoms with Crippen LogP contribution in [0.5, 0.6) is 0 Å². The van der Waals surface area contributed by atoms with Crippen LogP contribution >= 0.6 is 0 Å². The predicted octanol–water partition coefficient (Wildman–Crippen LogP) is 0.371. The number of nitrogens with zero attached hydrogens (tertiary/aromatic N) is 5. The minimum atomic E-state index is -0.461. The van der Waals surface area contributed by atoms with E-state index in [1.807, 2.05) is 0 Å². The van der Waals surface area contributed by atoms with Gasteiger partial charge in [-0.1, -0.05) is 13.3 Å². The van der Waals surface area contributed by atoms with E-state index in [0.29, 0.717) is 24.1 Å². The molecule has 148 valence electrons. The van der Waals surface area contributed by atoms with Gasteiger partial charge in [0.25, 0.3) is 5.56 Å². The number of aryl methyl sites for hydroxylation is 1. The molecule has 1 saturated heterocycles. The largest absolute Gasteiger partial charge is 0.468 e. The maximum absolute atomic E-state index is 12.7. The normalized spacial score (nSPS) is 18.1. The Morgan fingerprint density at radius 2 is 1.96 bits per heavy atom. The molecule has 1 fully saturated rings. The smallest absolute Gasteiger partial charge is 0.332 e. The van der Waals surface area contributed by atoms with Gasteiger partial charge in [0.1, 0.15) is 12.4 Å². The molecule has 1 atom stereocenters. The Kier molecular flexibility index (Phi) is 5.50. The molecule has 0 aromatic carbocycles. The minimum absolute atomic E-state index is 0.111. The minimum Gasteiger partial charge on any atom is -0.468 e. The zero-order valence-electron chi connectivity index (χ0n) is 16.4. The molecule has 3 heterocycles. The molecule has 27 heavy (non-hydrogen) atoms. The van der Waals surface area contributed by atoms with E-state index >= 15 is 0 Å². The second-order valence-corrected chi connectivity index (χ2v) is 7.10. The lowest BCUT2D eigenvalue weighted by Crippen LogP contribution is -2.39. The number of carbonyl (C=O) groups excluding carboxylic acids is 1. The van der Waals surface area contributed by atoms with E-state index in [9.17, 15) is 14.4 Å². The third kappa shape index (κ3) is 3.43. The topological polar surface area (TPSA) is 91.4 Å². The van der Waals surface area contributed by atoms with E-state index in [0.717, 1.165) is 30.4 Å². The molecular formula is C18H27N5O4. The van der Waals surface area contributed by atoms with Gasteiger partial charge >= 0.3 is 11.7 Å². The fourth-order valence-corrected chi connectivity index (χ4v) is 3.89. The van der Waals surface area contributed by atoms with E-state index in [1.54, 1.807) is 11.6 Å². The third-order valence-corrected chi connectivity index (χ3v) is 5.51. The Balaban J connectivity index is 2.16. The van der Waals surface area contributed by atoms with Crippen LogP contribution < -0.4 is 11.2 Å². The Bertz CT molecular complexity index is 971. The molecule has 9 nitrogen and oxygen atoms in total. The first kappa shape index (κ1) is 19.3. The van der Waals surface area contributed by atoms with Gasteiger partial charge in [0, 0.05) is 20.1 Å². The number of carbonyl (C=O) groups is 1. The second kappa shape index (κ2) is 7.67. The van der Waals surface area contributed by atoms with Crippen molar-refractivity contribution in [2.75, 3.05) is 13.7 Å². The molecule has 0 N–H and O–H groups in total. The van der Waals surface area contributed by atoms with Crippen LogP contribution in [0.4, 0.5) is 0 Å². The van der Waals surface area contributed by atoms with Crippen molar-refractivity contribution in [2.24, 2.45) is 14.1 Å². The molecule has 1 aliphatic rings. The number of hydrogen-bond donors (Lipinski definition) is 0. The van der Waals surface area contributed by atoms with Crippen molar-refractivity contribution >= 4 is 17.1 Å². The van der Waals surface area contributed by atoms with E-state index in [4.69, 9.17) is 4.74 Å². The summed E-state index contributed by atoms with van der Waals surface area (Å²) in [6.45, 7) is 3.54. The lowest BCUT2D eigenvalue weighted by molar-refractivity contribution is -0.141. The summed E-state index contributed by atoms with van der Waals surface area (Å²) in [6.07, 6.45) is 4.50. The van der Waals surface area contributed by atoms with Crippen LogP contribution in [-0.4, -0.2) is 49.3 Å². The van der Waals surface area contributed by atoms with Crippen LogP contribution in [0.1, 0.15) is 38.4 Å². The first-order chi connectivity index (χ1) is 12.9. The van der Waals surface area contributed by atoms with Crippen LogP contribution in [0, 0.1) is 0 Å². The molecule has 1 aliphatic heterocycles. The van der Waals surface area contributed by atoms with Crippen molar-refractivity contribution in [2.45, 2.75) is 51.7 Å². The maximum Gasteiger partial charge on any atom is 0.332 e. The Morgan fingerprint density at radius 1 is 1.22 bits per heavy atom. The predicted molar refractivity (Wildman–Crippen MR) is 101 cm³/mol. The van der Waals surface area contributed by atoms with Crippen LogP contribution in [0.25, 0.3) is 11.2 Å². The van der Waals surface area contributed by atoms with Crippen molar-refractivity contribution in [3.8, 4) is 0 Å². The molecular weight excluding hydrogens is 350 g/mol. The lowest BCUT2D eigenvalue weighted by Gasteiger charge is -2.34. The zero-order chi connectivity index (χ0) is 19.7. The highest BCUT2D eigenvalue weighted by molar-refractivity contribution is 5.75. The van der Waals surface area contributed by atoms with E-state index in [-0.39, 0.29) is 12.1 Å². The molecule has 0 saturated carbocycles. The van der Waals surface area contributed by atoms with Gasteiger partial charge in [-0.05, 0) is 25.8 Å². The molecule has 9 heteroatoms. The quantitative estimate of drug-likeness (QED) is 0.699. The highest BCUT2D eigenvalue weighted by Crippen LogP contribution is 2.22. The number of aromatic nitrogens is 4. The SMILES string of the molecule is CC[C@@H]1CCCCN1Cc1nc2c(c(=O)n(C)c(=O)n2C)n1CC(=O)OC. The van der Waals surface area contributed by atoms with Gasteiger partial charge in [0.2, 0.25) is 0 Å². The molecule has 3 rings (SSSR count). The first-order valence-corrected chi connectivity index (χ1v) is 9.35. The number of likely N-dealkylation sites (tertiary alicyclic amines) is 1. The maximum atomic E-state index is 12.7. The first-order valence-electron chi connectivity index (χ1n) is 9.35. The number of fused-ring (bicyclic) bond motifs is 1. The Hall–Kier alpha value is -2.42. The van der Waals surface area contributed by atoms with E-state index in [2.05, 4.69) is 16.8 Å². The summed E-state index contributed by atoms with van der Waals surface area (Å²) in [5.41, 5.74) is -0.343. The van der Waals surface area contributed by atoms with Crippen molar-refractivity contribution < 1.29 is 9.53 Å². The number of piperidine rings is 1.